The fourth-order valence-electron chi connectivity index (χ4n) is 3.35. The number of hydrogen-bond acceptors (Lipinski definition) is 4. The van der Waals surface area contributed by atoms with Crippen LogP contribution in [0.25, 0.3) is 10.9 Å². The minimum absolute atomic E-state index is 0.0661. The number of thioether (sulfide) groups is 1. The number of rotatable bonds is 6. The van der Waals surface area contributed by atoms with Crippen LogP contribution in [0.2, 0.25) is 0 Å². The Morgan fingerprint density at radius 1 is 1.14 bits per heavy atom. The molecule has 0 spiro atoms. The number of carbonyl (C=O) groups is 1. The van der Waals surface area contributed by atoms with Gasteiger partial charge in [0.1, 0.15) is 11.1 Å². The molecule has 0 saturated heterocycles. The van der Waals surface area contributed by atoms with Crippen LogP contribution in [-0.4, -0.2) is 25.5 Å². The van der Waals surface area contributed by atoms with Crippen molar-refractivity contribution in [2.45, 2.75) is 30.7 Å². The second kappa shape index (κ2) is 7.64. The molecular formula is C22H22N4OS. The number of benzene rings is 2. The summed E-state index contributed by atoms with van der Waals surface area (Å²) < 4.78 is 1.91. The molecule has 1 atom stereocenters. The topological polar surface area (TPSA) is 63.6 Å². The Morgan fingerprint density at radius 3 is 2.61 bits per heavy atom. The minimum Gasteiger partial charge on any atom is -0.360 e. The molecule has 6 heteroatoms. The van der Waals surface area contributed by atoms with Gasteiger partial charge in [-0.1, -0.05) is 67.2 Å². The summed E-state index contributed by atoms with van der Waals surface area (Å²) in [6.07, 6.45) is 2.76. The third-order valence-corrected chi connectivity index (χ3v) is 6.35. The number of carbonyl (C=O) groups excluding carboxylic acids is 1. The lowest BCUT2D eigenvalue weighted by Gasteiger charge is -2.15. The Bertz CT molecular complexity index is 1130. The largest absolute Gasteiger partial charge is 0.360 e. The highest BCUT2D eigenvalue weighted by Gasteiger charge is 2.27. The zero-order chi connectivity index (χ0) is 19.7. The second-order valence-electron chi connectivity index (χ2n) is 6.76. The predicted octanol–water partition coefficient (Wildman–Crippen LogP) is 4.88. The number of ketones is 1. The van der Waals surface area contributed by atoms with Crippen molar-refractivity contribution in [1.82, 2.24) is 19.7 Å². The van der Waals surface area contributed by atoms with Crippen molar-refractivity contribution in [3.05, 3.63) is 77.2 Å². The third-order valence-electron chi connectivity index (χ3n) is 5.06. The average molecular weight is 391 g/mol. The first-order chi connectivity index (χ1) is 13.6. The highest BCUT2D eigenvalue weighted by Crippen LogP contribution is 2.38. The number of nitrogens with one attached hydrogen (secondary N) is 1. The van der Waals surface area contributed by atoms with Gasteiger partial charge in [-0.25, -0.2) is 0 Å². The van der Waals surface area contributed by atoms with Crippen molar-refractivity contribution in [3.63, 3.8) is 0 Å². The summed E-state index contributed by atoms with van der Waals surface area (Å²) in [6, 6.07) is 16.0. The standard InChI is InChI=1S/C22H22N4OS/c1-4-15-11-8-12-17-18(13-23-19(15)17)20(27)21(16-9-6-5-7-10-16)28-22-25-24-14(2)26(22)3/h5-13,21,23H,4H2,1-3H3/t21-/m1/s1. The molecule has 2 heterocycles. The maximum atomic E-state index is 13.6. The highest BCUT2D eigenvalue weighted by atomic mass is 32.2. The Hall–Kier alpha value is -2.86. The van der Waals surface area contributed by atoms with Gasteiger partial charge in [0, 0.05) is 29.7 Å². The van der Waals surface area contributed by atoms with E-state index in [2.05, 4.69) is 28.2 Å². The van der Waals surface area contributed by atoms with Gasteiger partial charge in [-0.2, -0.15) is 0 Å². The number of fused-ring (bicyclic) bond motifs is 1. The Kier molecular flexibility index (Phi) is 5.05. The maximum Gasteiger partial charge on any atom is 0.191 e. The van der Waals surface area contributed by atoms with E-state index in [1.807, 2.05) is 67.2 Å². The van der Waals surface area contributed by atoms with Crippen molar-refractivity contribution in [2.75, 3.05) is 0 Å². The van der Waals surface area contributed by atoms with Gasteiger partial charge in [-0.15, -0.1) is 10.2 Å². The van der Waals surface area contributed by atoms with Gasteiger partial charge in [0.05, 0.1) is 0 Å². The summed E-state index contributed by atoms with van der Waals surface area (Å²) in [7, 11) is 1.92. The normalized spacial score (nSPS) is 12.4. The number of aromatic nitrogens is 4. The van der Waals surface area contributed by atoms with Gasteiger partial charge in [0.25, 0.3) is 0 Å². The van der Waals surface area contributed by atoms with Crippen molar-refractivity contribution in [1.29, 1.82) is 0 Å². The minimum atomic E-state index is -0.396. The molecule has 0 unspecified atom stereocenters. The Labute approximate surface area is 168 Å². The molecule has 0 aliphatic heterocycles. The number of para-hydroxylation sites is 1. The highest BCUT2D eigenvalue weighted by molar-refractivity contribution is 8.00. The van der Waals surface area contributed by atoms with E-state index in [0.29, 0.717) is 5.56 Å². The molecular weight excluding hydrogens is 368 g/mol. The van der Waals surface area contributed by atoms with Gasteiger partial charge >= 0.3 is 0 Å². The van der Waals surface area contributed by atoms with Gasteiger partial charge in [-0.05, 0) is 24.5 Å². The number of H-pyrrole nitrogens is 1. The summed E-state index contributed by atoms with van der Waals surface area (Å²) in [4.78, 5) is 17.0. The van der Waals surface area contributed by atoms with Crippen LogP contribution in [0.1, 0.15) is 39.5 Å². The van der Waals surface area contributed by atoms with Crippen LogP contribution in [0.15, 0.2) is 59.9 Å². The summed E-state index contributed by atoms with van der Waals surface area (Å²) in [6.45, 7) is 4.03. The summed E-state index contributed by atoms with van der Waals surface area (Å²) in [5.74, 6) is 0.887. The van der Waals surface area contributed by atoms with E-state index in [-0.39, 0.29) is 5.78 Å². The lowest BCUT2D eigenvalue weighted by atomic mass is 10.0. The lowest BCUT2D eigenvalue weighted by Crippen LogP contribution is -2.11. The molecule has 2 aromatic heterocycles. The van der Waals surface area contributed by atoms with Crippen LogP contribution in [-0.2, 0) is 13.5 Å². The van der Waals surface area contributed by atoms with Crippen LogP contribution in [0.5, 0.6) is 0 Å². The molecule has 4 aromatic rings. The first-order valence-corrected chi connectivity index (χ1v) is 10.2. The zero-order valence-electron chi connectivity index (χ0n) is 16.1. The molecule has 0 bridgehead atoms. The SMILES string of the molecule is CCc1cccc2c(C(=O)[C@H](Sc3nnc(C)n3C)c3ccccc3)c[nH]c12. The first-order valence-electron chi connectivity index (χ1n) is 9.31. The fraction of sp³-hybridized carbons (Fsp3) is 0.227. The van der Waals surface area contributed by atoms with E-state index in [4.69, 9.17) is 0 Å². The molecule has 28 heavy (non-hydrogen) atoms. The lowest BCUT2D eigenvalue weighted by molar-refractivity contribution is 0.0991. The summed E-state index contributed by atoms with van der Waals surface area (Å²) >= 11 is 1.44. The van der Waals surface area contributed by atoms with Crippen LogP contribution < -0.4 is 0 Å². The van der Waals surface area contributed by atoms with E-state index in [0.717, 1.165) is 33.9 Å². The van der Waals surface area contributed by atoms with Gasteiger partial charge in [0.15, 0.2) is 10.9 Å². The number of aryl methyl sites for hydroxylation is 2. The van der Waals surface area contributed by atoms with Crippen LogP contribution >= 0.6 is 11.8 Å². The van der Waals surface area contributed by atoms with E-state index in [9.17, 15) is 4.79 Å². The van der Waals surface area contributed by atoms with Crippen molar-refractivity contribution in [2.24, 2.45) is 7.05 Å². The van der Waals surface area contributed by atoms with E-state index in [1.54, 1.807) is 0 Å². The van der Waals surface area contributed by atoms with Crippen LogP contribution in [0.4, 0.5) is 0 Å². The van der Waals surface area contributed by atoms with Crippen molar-refractivity contribution in [3.8, 4) is 0 Å². The van der Waals surface area contributed by atoms with Crippen LogP contribution in [0, 0.1) is 6.92 Å². The number of nitrogens with zero attached hydrogens (tertiary/aromatic N) is 3. The van der Waals surface area contributed by atoms with Crippen molar-refractivity contribution >= 4 is 28.4 Å². The monoisotopic (exact) mass is 390 g/mol. The van der Waals surface area contributed by atoms with Crippen molar-refractivity contribution < 1.29 is 4.79 Å². The molecule has 4 rings (SSSR count). The quantitative estimate of drug-likeness (QED) is 0.376. The molecule has 0 amide bonds. The van der Waals surface area contributed by atoms with E-state index < -0.39 is 5.25 Å². The number of Topliss-reactive ketones (excluding diaryl/α,β-unsaturated/α-hetero) is 1. The first kappa shape index (κ1) is 18.5. The summed E-state index contributed by atoms with van der Waals surface area (Å²) in [5.41, 5.74) is 3.92. The predicted molar refractivity (Wildman–Crippen MR) is 113 cm³/mol. The Morgan fingerprint density at radius 2 is 1.93 bits per heavy atom. The average Bonchev–Trinajstić information content (AvgIpc) is 3.30. The van der Waals surface area contributed by atoms with Gasteiger partial charge < -0.3 is 9.55 Å². The van der Waals surface area contributed by atoms with E-state index in [1.165, 1.54) is 17.3 Å². The number of aromatic amines is 1. The smallest absolute Gasteiger partial charge is 0.191 e. The molecule has 142 valence electrons. The molecule has 0 radical (unpaired) electrons. The van der Waals surface area contributed by atoms with E-state index >= 15 is 0 Å². The molecule has 5 nitrogen and oxygen atoms in total. The van der Waals surface area contributed by atoms with Gasteiger partial charge in [0.2, 0.25) is 0 Å². The molecule has 0 fully saturated rings. The molecule has 0 aliphatic rings. The van der Waals surface area contributed by atoms with Gasteiger partial charge in [-0.3, -0.25) is 4.79 Å². The fourth-order valence-corrected chi connectivity index (χ4v) is 4.47. The molecule has 2 aromatic carbocycles. The number of hydrogen-bond donors (Lipinski definition) is 1. The maximum absolute atomic E-state index is 13.6. The van der Waals surface area contributed by atoms with Crippen LogP contribution in [0.3, 0.4) is 0 Å². The second-order valence-corrected chi connectivity index (χ2v) is 7.83. The summed E-state index contributed by atoms with van der Waals surface area (Å²) in [5, 5.41) is 9.69. The molecule has 1 N–H and O–H groups in total. The zero-order valence-corrected chi connectivity index (χ0v) is 17.0. The molecule has 0 saturated carbocycles. The molecule has 0 aliphatic carbocycles. The Balaban J connectivity index is 1.78. The third kappa shape index (κ3) is 3.24.